The Balaban J connectivity index is 1.32. The molecule has 6 aromatic rings. The van der Waals surface area contributed by atoms with Crippen molar-refractivity contribution in [2.24, 2.45) is 0 Å². The molecule has 0 unspecified atom stereocenters. The maximum absolute atomic E-state index is 12.5. The summed E-state index contributed by atoms with van der Waals surface area (Å²) < 4.78 is 47.4. The molecule has 0 bridgehead atoms. The molecule has 6 nitrogen and oxygen atoms in total. The fourth-order valence-electron chi connectivity index (χ4n) is 4.11. The van der Waals surface area contributed by atoms with Crippen molar-refractivity contribution >= 4 is 33.6 Å². The van der Waals surface area contributed by atoms with Crippen LogP contribution in [-0.2, 0) is 5.75 Å². The van der Waals surface area contributed by atoms with Gasteiger partial charge in [-0.1, -0.05) is 72.4 Å². The van der Waals surface area contributed by atoms with Crippen LogP contribution in [0.3, 0.4) is 0 Å². The Morgan fingerprint density at radius 3 is 2.51 bits per heavy atom. The number of benzene rings is 3. The van der Waals surface area contributed by atoms with Crippen LogP contribution in [0.5, 0.6) is 5.75 Å². The largest absolute Gasteiger partial charge is 0.573 e. The molecule has 0 amide bonds. The summed E-state index contributed by atoms with van der Waals surface area (Å²) >= 11 is 1.21. The first-order chi connectivity index (χ1) is 17.9. The Morgan fingerprint density at radius 1 is 0.865 bits per heavy atom. The van der Waals surface area contributed by atoms with E-state index in [-0.39, 0.29) is 16.9 Å². The molecule has 0 atom stereocenters. The molecular formula is C27H17F3N4O2S. The number of alkyl halides is 3. The van der Waals surface area contributed by atoms with E-state index in [1.165, 1.54) is 30.0 Å². The van der Waals surface area contributed by atoms with Gasteiger partial charge in [0.25, 0.3) is 11.1 Å². The summed E-state index contributed by atoms with van der Waals surface area (Å²) in [6.07, 6.45) is -4.75. The zero-order valence-electron chi connectivity index (χ0n) is 19.0. The van der Waals surface area contributed by atoms with Gasteiger partial charge in [-0.15, -0.1) is 23.4 Å². The van der Waals surface area contributed by atoms with Crippen molar-refractivity contribution in [3.8, 4) is 28.6 Å². The number of hydrogen-bond donors (Lipinski definition) is 1. The molecule has 10 heteroatoms. The number of nitrogens with zero attached hydrogens (tertiary/aromatic N) is 3. The molecule has 0 radical (unpaired) electrons. The summed E-state index contributed by atoms with van der Waals surface area (Å²) in [6.45, 7) is 0. The fraction of sp³-hybridized carbons (Fsp3) is 0.0741. The summed E-state index contributed by atoms with van der Waals surface area (Å²) in [4.78, 5) is 8.33. The summed E-state index contributed by atoms with van der Waals surface area (Å²) in [5.74, 6) is 0.295. The average molecular weight is 519 g/mol. The number of pyridine rings is 1. The molecule has 3 aromatic carbocycles. The van der Waals surface area contributed by atoms with Crippen molar-refractivity contribution in [1.29, 1.82) is 0 Å². The molecule has 37 heavy (non-hydrogen) atoms. The third kappa shape index (κ3) is 4.88. The van der Waals surface area contributed by atoms with Crippen molar-refractivity contribution in [3.05, 3.63) is 90.5 Å². The van der Waals surface area contributed by atoms with Gasteiger partial charge in [-0.05, 0) is 29.8 Å². The second kappa shape index (κ2) is 9.29. The minimum atomic E-state index is -4.75. The topological polar surface area (TPSA) is 76.8 Å². The molecule has 1 N–H and O–H groups in total. The highest BCUT2D eigenvalue weighted by Gasteiger charge is 2.31. The van der Waals surface area contributed by atoms with Gasteiger partial charge >= 0.3 is 6.36 Å². The van der Waals surface area contributed by atoms with Gasteiger partial charge in [-0.25, -0.2) is 4.98 Å². The zero-order chi connectivity index (χ0) is 25.4. The first kappa shape index (κ1) is 23.1. The van der Waals surface area contributed by atoms with Crippen LogP contribution in [0.2, 0.25) is 0 Å². The molecule has 0 aliphatic carbocycles. The lowest BCUT2D eigenvalue weighted by Crippen LogP contribution is -2.17. The average Bonchev–Trinajstić information content (AvgIpc) is 3.52. The molecular weight excluding hydrogens is 501 g/mol. The monoisotopic (exact) mass is 518 g/mol. The lowest BCUT2D eigenvalue weighted by atomic mass is 10.1. The van der Waals surface area contributed by atoms with Crippen molar-refractivity contribution in [2.45, 2.75) is 17.3 Å². The molecule has 0 saturated heterocycles. The van der Waals surface area contributed by atoms with E-state index in [1.807, 2.05) is 60.7 Å². The van der Waals surface area contributed by atoms with Crippen LogP contribution in [0.1, 0.15) is 5.56 Å². The third-order valence-corrected chi connectivity index (χ3v) is 6.55. The Morgan fingerprint density at radius 2 is 1.68 bits per heavy atom. The van der Waals surface area contributed by atoms with Crippen LogP contribution in [0, 0.1) is 0 Å². The molecule has 0 fully saturated rings. The van der Waals surface area contributed by atoms with Gasteiger partial charge in [0.15, 0.2) is 0 Å². The highest BCUT2D eigenvalue weighted by atomic mass is 32.2. The van der Waals surface area contributed by atoms with Gasteiger partial charge in [0.05, 0.1) is 11.2 Å². The molecule has 6 rings (SSSR count). The summed E-state index contributed by atoms with van der Waals surface area (Å²) in [5.41, 5.74) is 4.75. The lowest BCUT2D eigenvalue weighted by molar-refractivity contribution is -0.274. The standard InChI is InChI=1S/C27H17F3N4O2S/c28-27(29,30)36-18-10-6-7-16(13-18)15-37-26-34-33-25(35-26)22-14-20-19-11-4-5-12-21(19)31-24(20)23(32-22)17-8-2-1-3-9-17/h1-14,31H,15H2. The van der Waals surface area contributed by atoms with E-state index < -0.39 is 6.36 Å². The van der Waals surface area contributed by atoms with Crippen LogP contribution in [0.25, 0.3) is 44.6 Å². The minimum absolute atomic E-state index is 0.251. The molecule has 3 aromatic heterocycles. The van der Waals surface area contributed by atoms with Crippen molar-refractivity contribution < 1.29 is 22.3 Å². The second-order valence-electron chi connectivity index (χ2n) is 8.17. The van der Waals surface area contributed by atoms with Gasteiger partial charge in [0.2, 0.25) is 0 Å². The summed E-state index contributed by atoms with van der Waals surface area (Å²) in [7, 11) is 0. The van der Waals surface area contributed by atoms with Crippen molar-refractivity contribution in [3.63, 3.8) is 0 Å². The van der Waals surface area contributed by atoms with Crippen molar-refractivity contribution in [1.82, 2.24) is 20.2 Å². The number of nitrogens with one attached hydrogen (secondary N) is 1. The number of hydrogen-bond acceptors (Lipinski definition) is 6. The smallest absolute Gasteiger partial charge is 0.410 e. The highest BCUT2D eigenvalue weighted by molar-refractivity contribution is 7.98. The van der Waals surface area contributed by atoms with E-state index in [1.54, 1.807) is 6.07 Å². The number of ether oxygens (including phenoxy) is 1. The molecule has 3 heterocycles. The molecule has 0 saturated carbocycles. The van der Waals surface area contributed by atoms with Crippen LogP contribution < -0.4 is 4.74 Å². The van der Waals surface area contributed by atoms with E-state index in [2.05, 4.69) is 19.9 Å². The lowest BCUT2D eigenvalue weighted by Gasteiger charge is -2.09. The van der Waals surface area contributed by atoms with Gasteiger partial charge < -0.3 is 14.1 Å². The van der Waals surface area contributed by atoms with Crippen LogP contribution in [-0.4, -0.2) is 26.5 Å². The molecule has 0 aliphatic rings. The number of para-hydroxylation sites is 1. The quantitative estimate of drug-likeness (QED) is 0.229. The van der Waals surface area contributed by atoms with Gasteiger partial charge in [-0.3, -0.25) is 0 Å². The number of thioether (sulfide) groups is 1. The normalized spacial score (nSPS) is 11.9. The van der Waals surface area contributed by atoms with Gasteiger partial charge in [0.1, 0.15) is 11.4 Å². The zero-order valence-corrected chi connectivity index (χ0v) is 19.8. The highest BCUT2D eigenvalue weighted by Crippen LogP contribution is 2.35. The van der Waals surface area contributed by atoms with Crippen LogP contribution in [0.15, 0.2) is 94.6 Å². The predicted molar refractivity (Wildman–Crippen MR) is 135 cm³/mol. The fourth-order valence-corrected chi connectivity index (χ4v) is 4.82. The third-order valence-electron chi connectivity index (χ3n) is 5.66. The minimum Gasteiger partial charge on any atom is -0.410 e. The number of H-pyrrole nitrogens is 1. The van der Waals surface area contributed by atoms with Gasteiger partial charge in [0, 0.05) is 27.6 Å². The van der Waals surface area contributed by atoms with Gasteiger partial charge in [-0.2, -0.15) is 0 Å². The molecule has 0 aliphatic heterocycles. The van der Waals surface area contributed by atoms with E-state index >= 15 is 0 Å². The molecule has 184 valence electrons. The van der Waals surface area contributed by atoms with Crippen LogP contribution >= 0.6 is 11.8 Å². The Hall–Kier alpha value is -4.31. The van der Waals surface area contributed by atoms with E-state index in [0.717, 1.165) is 33.1 Å². The first-order valence-electron chi connectivity index (χ1n) is 11.2. The van der Waals surface area contributed by atoms with Crippen molar-refractivity contribution in [2.75, 3.05) is 0 Å². The first-order valence-corrected chi connectivity index (χ1v) is 12.2. The summed E-state index contributed by atoms with van der Waals surface area (Å²) in [6, 6.07) is 25.5. The predicted octanol–water partition coefficient (Wildman–Crippen LogP) is 7.62. The van der Waals surface area contributed by atoms with E-state index in [0.29, 0.717) is 17.0 Å². The maximum Gasteiger partial charge on any atom is 0.573 e. The number of halogens is 3. The number of aromatic nitrogens is 4. The molecule has 0 spiro atoms. The Labute approximate surface area is 212 Å². The Bertz CT molecular complexity index is 1710. The SMILES string of the molecule is FC(F)(F)Oc1cccc(CSc2nnc(-c3cc4c([nH]c5ccccc54)c(-c4ccccc4)n3)o2)c1. The number of fused-ring (bicyclic) bond motifs is 3. The second-order valence-corrected chi connectivity index (χ2v) is 9.10. The Kier molecular flexibility index (Phi) is 5.80. The number of aromatic amines is 1. The van der Waals surface area contributed by atoms with E-state index in [9.17, 15) is 13.2 Å². The maximum atomic E-state index is 12.5. The van der Waals surface area contributed by atoms with Crippen LogP contribution in [0.4, 0.5) is 13.2 Å². The summed E-state index contributed by atoms with van der Waals surface area (Å²) in [5, 5.41) is 10.6. The number of rotatable bonds is 6. The van der Waals surface area contributed by atoms with E-state index in [4.69, 9.17) is 9.40 Å².